The molecule has 3 rings (SSSR count). The Labute approximate surface area is 130 Å². The molecule has 0 saturated heterocycles. The van der Waals surface area contributed by atoms with Crippen molar-refractivity contribution in [3.8, 4) is 11.5 Å². The molecule has 0 fully saturated rings. The van der Waals surface area contributed by atoms with Gasteiger partial charge in [0.1, 0.15) is 11.5 Å². The second-order valence-electron chi connectivity index (χ2n) is 5.43. The second-order valence-corrected chi connectivity index (χ2v) is 5.43. The van der Waals surface area contributed by atoms with Gasteiger partial charge >= 0.3 is 0 Å². The molecule has 0 radical (unpaired) electrons. The van der Waals surface area contributed by atoms with Gasteiger partial charge in [0, 0.05) is 12.8 Å². The first-order valence-corrected chi connectivity index (χ1v) is 7.34. The van der Waals surface area contributed by atoms with Crippen molar-refractivity contribution in [1.82, 2.24) is 0 Å². The summed E-state index contributed by atoms with van der Waals surface area (Å²) in [6.07, 6.45) is 1.39. The highest BCUT2D eigenvalue weighted by molar-refractivity contribution is 5.40. The van der Waals surface area contributed by atoms with Gasteiger partial charge in [-0.05, 0) is 34.4 Å². The van der Waals surface area contributed by atoms with Crippen molar-refractivity contribution < 1.29 is 10.2 Å². The molecule has 0 saturated carbocycles. The van der Waals surface area contributed by atoms with Crippen LogP contribution in [0.5, 0.6) is 11.5 Å². The third-order valence-corrected chi connectivity index (χ3v) is 3.76. The number of hydrogen-bond donors (Lipinski definition) is 2. The Hall–Kier alpha value is -2.74. The number of phenolic OH excluding ortho intramolecular Hbond substituents is 2. The maximum atomic E-state index is 9.88. The lowest BCUT2D eigenvalue weighted by molar-refractivity contribution is 0.469. The van der Waals surface area contributed by atoms with Crippen LogP contribution in [0.25, 0.3) is 0 Å². The first-order valence-electron chi connectivity index (χ1n) is 7.34. The summed E-state index contributed by atoms with van der Waals surface area (Å²) in [7, 11) is 0. The van der Waals surface area contributed by atoms with E-state index in [1.165, 1.54) is 0 Å². The van der Waals surface area contributed by atoms with E-state index < -0.39 is 0 Å². The lowest BCUT2D eigenvalue weighted by atomic mass is 9.98. The second kappa shape index (κ2) is 6.35. The summed E-state index contributed by atoms with van der Waals surface area (Å²) in [6.45, 7) is 0. The highest BCUT2D eigenvalue weighted by atomic mass is 16.3. The number of hydrogen-bond acceptors (Lipinski definition) is 2. The smallest absolute Gasteiger partial charge is 0.119 e. The Kier molecular flexibility index (Phi) is 4.10. The number of rotatable bonds is 4. The normalized spacial score (nSPS) is 10.5. The first-order chi connectivity index (χ1) is 10.7. The first kappa shape index (κ1) is 14.2. The van der Waals surface area contributed by atoms with E-state index in [4.69, 9.17) is 0 Å². The van der Waals surface area contributed by atoms with Crippen molar-refractivity contribution >= 4 is 0 Å². The van der Waals surface area contributed by atoms with Crippen LogP contribution >= 0.6 is 0 Å². The standard InChI is InChI=1S/C20H18O2/c21-19-10-3-1-8-17(19)13-15-6-5-7-16(12-15)14-18-9-2-4-11-20(18)22/h1-12,21-22H,13-14H2. The van der Waals surface area contributed by atoms with Gasteiger partial charge in [0.15, 0.2) is 0 Å². The fraction of sp³-hybridized carbons (Fsp3) is 0.100. The Bertz CT molecular complexity index is 715. The minimum Gasteiger partial charge on any atom is -0.508 e. The lowest BCUT2D eigenvalue weighted by Crippen LogP contribution is -1.93. The molecule has 3 aromatic rings. The van der Waals surface area contributed by atoms with E-state index >= 15 is 0 Å². The van der Waals surface area contributed by atoms with Gasteiger partial charge < -0.3 is 10.2 Å². The average molecular weight is 290 g/mol. The summed E-state index contributed by atoms with van der Waals surface area (Å²) >= 11 is 0. The maximum Gasteiger partial charge on any atom is 0.119 e. The van der Waals surface area contributed by atoms with E-state index in [0.717, 1.165) is 22.3 Å². The Morgan fingerprint density at radius 2 is 1.00 bits per heavy atom. The number of phenols is 2. The molecule has 0 spiro atoms. The molecule has 110 valence electrons. The molecule has 3 aromatic carbocycles. The van der Waals surface area contributed by atoms with Gasteiger partial charge in [0.2, 0.25) is 0 Å². The highest BCUT2D eigenvalue weighted by Crippen LogP contribution is 2.23. The molecule has 2 nitrogen and oxygen atoms in total. The molecule has 0 unspecified atom stereocenters. The van der Waals surface area contributed by atoms with Crippen LogP contribution in [0.2, 0.25) is 0 Å². The minimum atomic E-state index is 0.327. The number of aromatic hydroxyl groups is 2. The molecule has 0 bridgehead atoms. The van der Waals surface area contributed by atoms with Crippen molar-refractivity contribution in [2.75, 3.05) is 0 Å². The number of para-hydroxylation sites is 2. The molecule has 0 aliphatic carbocycles. The molecule has 0 heterocycles. The largest absolute Gasteiger partial charge is 0.508 e. The molecule has 0 aliphatic rings. The molecule has 0 amide bonds. The summed E-state index contributed by atoms with van der Waals surface area (Å²) < 4.78 is 0. The van der Waals surface area contributed by atoms with Crippen LogP contribution < -0.4 is 0 Å². The highest BCUT2D eigenvalue weighted by Gasteiger charge is 2.05. The van der Waals surface area contributed by atoms with E-state index in [1.54, 1.807) is 12.1 Å². The van der Waals surface area contributed by atoms with Gasteiger partial charge in [-0.3, -0.25) is 0 Å². The molecule has 22 heavy (non-hydrogen) atoms. The van der Waals surface area contributed by atoms with E-state index in [0.29, 0.717) is 24.3 Å². The summed E-state index contributed by atoms with van der Waals surface area (Å²) in [5, 5.41) is 19.8. The van der Waals surface area contributed by atoms with Crippen LogP contribution in [-0.4, -0.2) is 10.2 Å². The predicted octanol–water partition coefficient (Wildman–Crippen LogP) is 4.28. The van der Waals surface area contributed by atoms with Crippen molar-refractivity contribution in [1.29, 1.82) is 0 Å². The predicted molar refractivity (Wildman–Crippen MR) is 88.3 cm³/mol. The number of benzene rings is 3. The van der Waals surface area contributed by atoms with Gasteiger partial charge in [-0.2, -0.15) is 0 Å². The summed E-state index contributed by atoms with van der Waals surface area (Å²) in [4.78, 5) is 0. The SMILES string of the molecule is Oc1ccccc1Cc1cccc(Cc2ccccc2O)c1. The zero-order valence-corrected chi connectivity index (χ0v) is 12.2. The maximum absolute atomic E-state index is 9.88. The Morgan fingerprint density at radius 3 is 1.45 bits per heavy atom. The van der Waals surface area contributed by atoms with Crippen LogP contribution in [-0.2, 0) is 12.8 Å². The summed E-state index contributed by atoms with van der Waals surface area (Å²) in [6, 6.07) is 23.1. The van der Waals surface area contributed by atoms with Crippen LogP contribution in [0, 0.1) is 0 Å². The molecule has 0 atom stereocenters. The van der Waals surface area contributed by atoms with Gasteiger partial charge in [-0.15, -0.1) is 0 Å². The monoisotopic (exact) mass is 290 g/mol. The summed E-state index contributed by atoms with van der Waals surface area (Å²) in [5.74, 6) is 0.655. The fourth-order valence-electron chi connectivity index (χ4n) is 2.61. The van der Waals surface area contributed by atoms with Crippen molar-refractivity contribution in [3.05, 3.63) is 95.1 Å². The van der Waals surface area contributed by atoms with E-state index in [-0.39, 0.29) is 0 Å². The van der Waals surface area contributed by atoms with E-state index in [9.17, 15) is 10.2 Å². The third-order valence-electron chi connectivity index (χ3n) is 3.76. The Balaban J connectivity index is 1.81. The molecule has 0 aliphatic heterocycles. The third kappa shape index (κ3) is 3.29. The lowest BCUT2D eigenvalue weighted by Gasteiger charge is -2.08. The fourth-order valence-corrected chi connectivity index (χ4v) is 2.61. The van der Waals surface area contributed by atoms with Crippen LogP contribution in [0.1, 0.15) is 22.3 Å². The van der Waals surface area contributed by atoms with Gasteiger partial charge in [-0.25, -0.2) is 0 Å². The zero-order chi connectivity index (χ0) is 15.4. The topological polar surface area (TPSA) is 40.5 Å². The average Bonchev–Trinajstić information content (AvgIpc) is 2.52. The summed E-state index contributed by atoms with van der Waals surface area (Å²) in [5.41, 5.74) is 4.13. The Morgan fingerprint density at radius 1 is 0.545 bits per heavy atom. The quantitative estimate of drug-likeness (QED) is 0.753. The molecule has 2 heteroatoms. The van der Waals surface area contributed by atoms with Crippen LogP contribution in [0.15, 0.2) is 72.8 Å². The van der Waals surface area contributed by atoms with Crippen molar-refractivity contribution in [3.63, 3.8) is 0 Å². The van der Waals surface area contributed by atoms with Gasteiger partial charge in [0.25, 0.3) is 0 Å². The molecule has 0 aromatic heterocycles. The molecular weight excluding hydrogens is 272 g/mol. The van der Waals surface area contributed by atoms with E-state index in [2.05, 4.69) is 18.2 Å². The molecule has 2 N–H and O–H groups in total. The zero-order valence-electron chi connectivity index (χ0n) is 12.2. The molecular formula is C20H18O2. The van der Waals surface area contributed by atoms with E-state index in [1.807, 2.05) is 42.5 Å². The van der Waals surface area contributed by atoms with Gasteiger partial charge in [-0.1, -0.05) is 60.7 Å². The minimum absolute atomic E-state index is 0.327. The van der Waals surface area contributed by atoms with Crippen molar-refractivity contribution in [2.45, 2.75) is 12.8 Å². The van der Waals surface area contributed by atoms with Crippen molar-refractivity contribution in [2.24, 2.45) is 0 Å². The van der Waals surface area contributed by atoms with Crippen LogP contribution in [0.4, 0.5) is 0 Å². The van der Waals surface area contributed by atoms with Gasteiger partial charge in [0.05, 0.1) is 0 Å². The van der Waals surface area contributed by atoms with Crippen LogP contribution in [0.3, 0.4) is 0 Å².